The monoisotopic (exact) mass is 387 g/mol. The molecule has 0 aromatic heterocycles. The van der Waals surface area contributed by atoms with Crippen molar-refractivity contribution in [3.05, 3.63) is 54.1 Å². The van der Waals surface area contributed by atoms with Crippen molar-refractivity contribution in [3.63, 3.8) is 0 Å². The summed E-state index contributed by atoms with van der Waals surface area (Å²) in [4.78, 5) is 12.3. The van der Waals surface area contributed by atoms with Gasteiger partial charge in [-0.1, -0.05) is 12.1 Å². The average Bonchev–Trinajstić information content (AvgIpc) is 2.63. The maximum absolute atomic E-state index is 12.3. The van der Waals surface area contributed by atoms with Crippen LogP contribution in [0.1, 0.15) is 12.5 Å². The van der Waals surface area contributed by atoms with Crippen molar-refractivity contribution < 1.29 is 17.9 Å². The molecule has 0 saturated carbocycles. The highest BCUT2D eigenvalue weighted by molar-refractivity contribution is 7.92. The Kier molecular flexibility index (Phi) is 6.42. The van der Waals surface area contributed by atoms with Crippen LogP contribution in [0.3, 0.4) is 0 Å². The summed E-state index contributed by atoms with van der Waals surface area (Å²) in [5.41, 5.74) is 1.99. The second kappa shape index (κ2) is 8.56. The summed E-state index contributed by atoms with van der Waals surface area (Å²) >= 11 is 0. The maximum atomic E-state index is 12.3. The number of benzene rings is 2. The van der Waals surface area contributed by atoms with Crippen LogP contribution < -0.4 is 14.4 Å². The van der Waals surface area contributed by atoms with Crippen LogP contribution >= 0.6 is 0 Å². The number of amides is 1. The minimum atomic E-state index is -3.34. The van der Waals surface area contributed by atoms with Gasteiger partial charge in [0.2, 0.25) is 10.0 Å². The van der Waals surface area contributed by atoms with E-state index in [-0.39, 0.29) is 5.91 Å². The summed E-state index contributed by atoms with van der Waals surface area (Å²) in [6, 6.07) is 15.5. The van der Waals surface area contributed by atoms with Gasteiger partial charge in [0.1, 0.15) is 5.75 Å². The fraction of sp³-hybridized carbons (Fsp3) is 0.263. The summed E-state index contributed by atoms with van der Waals surface area (Å²) in [7, 11) is -1.87. The first-order chi connectivity index (χ1) is 12.7. The van der Waals surface area contributed by atoms with Gasteiger partial charge < -0.3 is 10.1 Å². The third-order valence-corrected chi connectivity index (χ3v) is 5.09. The molecule has 1 amide bonds. The molecule has 27 heavy (non-hydrogen) atoms. The first kappa shape index (κ1) is 20.3. The number of nitriles is 1. The maximum Gasteiger partial charge on any atom is 0.265 e. The predicted molar refractivity (Wildman–Crippen MR) is 104 cm³/mol. The van der Waals surface area contributed by atoms with E-state index in [9.17, 15) is 13.2 Å². The SMILES string of the molecule is CC(Oc1ccc(N(C)S(C)(=O)=O)cc1)C(=O)Nc1ccc(CC#N)cc1. The predicted octanol–water partition coefficient (Wildman–Crippen LogP) is 2.55. The van der Waals surface area contributed by atoms with Crippen molar-refractivity contribution in [2.75, 3.05) is 22.9 Å². The molecule has 0 saturated heterocycles. The lowest BCUT2D eigenvalue weighted by Crippen LogP contribution is -2.30. The quantitative estimate of drug-likeness (QED) is 0.787. The molecular formula is C19H21N3O4S. The zero-order valence-electron chi connectivity index (χ0n) is 15.3. The number of carbonyl (C=O) groups is 1. The Morgan fingerprint density at radius 2 is 1.78 bits per heavy atom. The van der Waals surface area contributed by atoms with Gasteiger partial charge in [-0.15, -0.1) is 0 Å². The third-order valence-electron chi connectivity index (χ3n) is 3.88. The molecule has 0 fully saturated rings. The van der Waals surface area contributed by atoms with Gasteiger partial charge in [-0.2, -0.15) is 5.26 Å². The Balaban J connectivity index is 1.96. The summed E-state index contributed by atoms with van der Waals surface area (Å²) in [5.74, 6) is 0.132. The minimum Gasteiger partial charge on any atom is -0.481 e. The zero-order chi connectivity index (χ0) is 20.0. The van der Waals surface area contributed by atoms with Crippen molar-refractivity contribution in [1.82, 2.24) is 0 Å². The van der Waals surface area contributed by atoms with E-state index in [1.54, 1.807) is 55.5 Å². The van der Waals surface area contributed by atoms with Gasteiger partial charge in [0.25, 0.3) is 5.91 Å². The molecule has 0 aliphatic rings. The summed E-state index contributed by atoms with van der Waals surface area (Å²) in [6.45, 7) is 1.62. The number of hydrogen-bond donors (Lipinski definition) is 1. The third kappa shape index (κ3) is 5.72. The van der Waals surface area contributed by atoms with Gasteiger partial charge in [-0.25, -0.2) is 8.42 Å². The van der Waals surface area contributed by atoms with Crippen LogP contribution in [0, 0.1) is 11.3 Å². The molecule has 7 nitrogen and oxygen atoms in total. The summed E-state index contributed by atoms with van der Waals surface area (Å²) < 4.78 is 29.8. The number of sulfonamides is 1. The normalized spacial score (nSPS) is 11.9. The molecule has 1 N–H and O–H groups in total. The van der Waals surface area contributed by atoms with Crippen LogP contribution in [0.4, 0.5) is 11.4 Å². The summed E-state index contributed by atoms with van der Waals surface area (Å²) in [6.07, 6.45) is 0.692. The van der Waals surface area contributed by atoms with Crippen molar-refractivity contribution >= 4 is 27.3 Å². The van der Waals surface area contributed by atoms with Gasteiger partial charge in [-0.3, -0.25) is 9.10 Å². The number of carbonyl (C=O) groups excluding carboxylic acids is 1. The molecule has 0 radical (unpaired) electrons. The van der Waals surface area contributed by atoms with E-state index >= 15 is 0 Å². The average molecular weight is 387 g/mol. The van der Waals surface area contributed by atoms with Gasteiger partial charge in [0.15, 0.2) is 6.10 Å². The van der Waals surface area contributed by atoms with Crippen LogP contribution in [0.25, 0.3) is 0 Å². The molecule has 2 rings (SSSR count). The van der Waals surface area contributed by atoms with Gasteiger partial charge >= 0.3 is 0 Å². The van der Waals surface area contributed by atoms with Crippen molar-refractivity contribution in [2.24, 2.45) is 0 Å². The fourth-order valence-electron chi connectivity index (χ4n) is 2.22. The molecule has 0 spiro atoms. The van der Waals surface area contributed by atoms with E-state index < -0.39 is 16.1 Å². The zero-order valence-corrected chi connectivity index (χ0v) is 16.2. The molecule has 1 atom stereocenters. The number of ether oxygens (including phenoxy) is 1. The van der Waals surface area contributed by atoms with Gasteiger partial charge in [0, 0.05) is 12.7 Å². The van der Waals surface area contributed by atoms with E-state index in [4.69, 9.17) is 10.00 Å². The molecule has 0 heterocycles. The minimum absolute atomic E-state index is 0.318. The van der Waals surface area contributed by atoms with Crippen molar-refractivity contribution in [1.29, 1.82) is 5.26 Å². The Morgan fingerprint density at radius 3 is 2.30 bits per heavy atom. The molecular weight excluding hydrogens is 366 g/mol. The molecule has 0 aliphatic carbocycles. The molecule has 8 heteroatoms. The molecule has 142 valence electrons. The van der Waals surface area contributed by atoms with Crippen LogP contribution in [0.5, 0.6) is 5.75 Å². The molecule has 2 aromatic carbocycles. The fourth-order valence-corrected chi connectivity index (χ4v) is 2.73. The van der Waals surface area contributed by atoms with E-state index in [1.807, 2.05) is 0 Å². The number of anilines is 2. The summed E-state index contributed by atoms with van der Waals surface area (Å²) in [5, 5.41) is 11.4. The Bertz CT molecular complexity index is 932. The first-order valence-electron chi connectivity index (χ1n) is 8.18. The van der Waals surface area contributed by atoms with Crippen molar-refractivity contribution in [3.8, 4) is 11.8 Å². The van der Waals surface area contributed by atoms with Gasteiger partial charge in [0.05, 0.1) is 24.4 Å². The second-order valence-electron chi connectivity index (χ2n) is 6.01. The second-order valence-corrected chi connectivity index (χ2v) is 8.02. The number of nitrogens with zero attached hydrogens (tertiary/aromatic N) is 2. The molecule has 0 aliphatic heterocycles. The highest BCUT2D eigenvalue weighted by atomic mass is 32.2. The van der Waals surface area contributed by atoms with Crippen LogP contribution in [0.15, 0.2) is 48.5 Å². The number of nitrogens with one attached hydrogen (secondary N) is 1. The Morgan fingerprint density at radius 1 is 1.19 bits per heavy atom. The first-order valence-corrected chi connectivity index (χ1v) is 10.0. The standard InChI is InChI=1S/C19H21N3O4S/c1-14(19(23)21-16-6-4-15(5-7-16)12-13-20)26-18-10-8-17(9-11-18)22(2)27(3,24)25/h4-11,14H,12H2,1-3H3,(H,21,23). The lowest BCUT2D eigenvalue weighted by molar-refractivity contribution is -0.122. The lowest BCUT2D eigenvalue weighted by Gasteiger charge is -2.18. The van der Waals surface area contributed by atoms with E-state index in [2.05, 4.69) is 11.4 Å². The van der Waals surface area contributed by atoms with E-state index in [0.717, 1.165) is 16.1 Å². The molecule has 2 aromatic rings. The smallest absolute Gasteiger partial charge is 0.265 e. The van der Waals surface area contributed by atoms with Gasteiger partial charge in [-0.05, 0) is 48.9 Å². The highest BCUT2D eigenvalue weighted by Gasteiger charge is 2.16. The number of hydrogen-bond acceptors (Lipinski definition) is 5. The van der Waals surface area contributed by atoms with E-state index in [1.165, 1.54) is 7.05 Å². The van der Waals surface area contributed by atoms with Crippen molar-refractivity contribution in [2.45, 2.75) is 19.4 Å². The van der Waals surface area contributed by atoms with Crippen LogP contribution in [-0.4, -0.2) is 33.7 Å². The van der Waals surface area contributed by atoms with Crippen LogP contribution in [0.2, 0.25) is 0 Å². The number of rotatable bonds is 7. The Hall–Kier alpha value is -3.05. The molecule has 1 unspecified atom stereocenters. The largest absolute Gasteiger partial charge is 0.481 e. The molecule has 0 bridgehead atoms. The Labute approximate surface area is 159 Å². The highest BCUT2D eigenvalue weighted by Crippen LogP contribution is 2.21. The topological polar surface area (TPSA) is 99.5 Å². The van der Waals surface area contributed by atoms with Crippen LogP contribution in [-0.2, 0) is 21.2 Å². The lowest BCUT2D eigenvalue weighted by atomic mass is 10.1. The van der Waals surface area contributed by atoms with E-state index in [0.29, 0.717) is 23.5 Å².